The first-order valence-electron chi connectivity index (χ1n) is 9.72. The van der Waals surface area contributed by atoms with Gasteiger partial charge in [0.25, 0.3) is 0 Å². The van der Waals surface area contributed by atoms with E-state index < -0.39 is 0 Å². The van der Waals surface area contributed by atoms with Gasteiger partial charge < -0.3 is 16.0 Å². The number of amides is 1. The first-order valence-corrected chi connectivity index (χ1v) is 9.72. The average Bonchev–Trinajstić information content (AvgIpc) is 2.60. The van der Waals surface area contributed by atoms with E-state index in [4.69, 9.17) is 5.73 Å². The number of nitrogens with two attached hydrogens (primary N) is 1. The molecule has 3 rings (SSSR count). The topological polar surface area (TPSA) is 71.2 Å². The third-order valence-electron chi connectivity index (χ3n) is 5.95. The lowest BCUT2D eigenvalue weighted by Gasteiger charge is -2.37. The SMILES string of the molecule is CC1CCN(c2ccc(CNC(=O)C3CCCCC3(C)N)cn2)CC1. The molecule has 2 aliphatic rings. The van der Waals surface area contributed by atoms with E-state index in [2.05, 4.69) is 34.3 Å². The molecular weight excluding hydrogens is 312 g/mol. The van der Waals surface area contributed by atoms with Gasteiger partial charge in [-0.2, -0.15) is 0 Å². The quantitative estimate of drug-likeness (QED) is 0.881. The van der Waals surface area contributed by atoms with Crippen LogP contribution in [0.15, 0.2) is 18.3 Å². The third-order valence-corrected chi connectivity index (χ3v) is 5.95. The highest BCUT2D eigenvalue weighted by atomic mass is 16.1. The highest BCUT2D eigenvalue weighted by molar-refractivity contribution is 5.80. The van der Waals surface area contributed by atoms with E-state index in [-0.39, 0.29) is 17.4 Å². The van der Waals surface area contributed by atoms with Crippen molar-refractivity contribution in [3.8, 4) is 0 Å². The summed E-state index contributed by atoms with van der Waals surface area (Å²) in [5, 5.41) is 3.06. The number of carbonyl (C=O) groups is 1. The van der Waals surface area contributed by atoms with Crippen LogP contribution in [0.2, 0.25) is 0 Å². The summed E-state index contributed by atoms with van der Waals surface area (Å²) in [5.41, 5.74) is 6.99. The predicted octanol–water partition coefficient (Wildman–Crippen LogP) is 2.84. The maximum atomic E-state index is 12.5. The molecule has 0 bridgehead atoms. The number of carbonyl (C=O) groups excluding carboxylic acids is 1. The zero-order valence-corrected chi connectivity index (χ0v) is 15.6. The molecule has 1 amide bonds. The van der Waals surface area contributed by atoms with Crippen LogP contribution in [0, 0.1) is 11.8 Å². The molecule has 1 aliphatic heterocycles. The molecule has 1 aromatic rings. The fraction of sp³-hybridized carbons (Fsp3) is 0.700. The Bertz CT molecular complexity index is 576. The number of anilines is 1. The zero-order valence-electron chi connectivity index (χ0n) is 15.6. The average molecular weight is 345 g/mol. The van der Waals surface area contributed by atoms with E-state index in [0.717, 1.165) is 56.1 Å². The highest BCUT2D eigenvalue weighted by Crippen LogP contribution is 2.31. The lowest BCUT2D eigenvalue weighted by Crippen LogP contribution is -2.52. The van der Waals surface area contributed by atoms with Gasteiger partial charge in [0.2, 0.25) is 5.91 Å². The van der Waals surface area contributed by atoms with Gasteiger partial charge in [0.15, 0.2) is 0 Å². The minimum Gasteiger partial charge on any atom is -0.357 e. The summed E-state index contributed by atoms with van der Waals surface area (Å²) in [6, 6.07) is 4.15. The van der Waals surface area contributed by atoms with Crippen molar-refractivity contribution in [2.45, 2.75) is 64.5 Å². The summed E-state index contributed by atoms with van der Waals surface area (Å²) < 4.78 is 0. The molecule has 1 saturated heterocycles. The maximum Gasteiger partial charge on any atom is 0.225 e. The number of aromatic nitrogens is 1. The Labute approximate surface area is 151 Å². The summed E-state index contributed by atoms with van der Waals surface area (Å²) in [4.78, 5) is 19.5. The third kappa shape index (κ3) is 4.51. The summed E-state index contributed by atoms with van der Waals surface area (Å²) in [6.45, 7) is 7.01. The second kappa shape index (κ2) is 7.73. The van der Waals surface area contributed by atoms with Crippen molar-refractivity contribution < 1.29 is 4.79 Å². The minimum absolute atomic E-state index is 0.0798. The molecule has 1 saturated carbocycles. The molecule has 0 aromatic carbocycles. The van der Waals surface area contributed by atoms with Crippen molar-refractivity contribution >= 4 is 11.7 Å². The molecule has 25 heavy (non-hydrogen) atoms. The molecule has 3 N–H and O–H groups in total. The predicted molar refractivity (Wildman–Crippen MR) is 101 cm³/mol. The van der Waals surface area contributed by atoms with Crippen molar-refractivity contribution in [3.05, 3.63) is 23.9 Å². The monoisotopic (exact) mass is 344 g/mol. The van der Waals surface area contributed by atoms with Gasteiger partial charge in [-0.05, 0) is 50.2 Å². The van der Waals surface area contributed by atoms with Crippen LogP contribution in [0.4, 0.5) is 5.82 Å². The van der Waals surface area contributed by atoms with Crippen LogP contribution >= 0.6 is 0 Å². The highest BCUT2D eigenvalue weighted by Gasteiger charge is 2.37. The van der Waals surface area contributed by atoms with Crippen LogP contribution in [0.5, 0.6) is 0 Å². The zero-order chi connectivity index (χ0) is 17.9. The van der Waals surface area contributed by atoms with Crippen LogP contribution in [-0.4, -0.2) is 29.5 Å². The van der Waals surface area contributed by atoms with Gasteiger partial charge in [-0.3, -0.25) is 4.79 Å². The lowest BCUT2D eigenvalue weighted by molar-refractivity contribution is -0.128. The number of hydrogen-bond acceptors (Lipinski definition) is 4. The molecule has 2 fully saturated rings. The Morgan fingerprint density at radius 1 is 1.32 bits per heavy atom. The van der Waals surface area contributed by atoms with Crippen LogP contribution in [0.25, 0.3) is 0 Å². The van der Waals surface area contributed by atoms with Gasteiger partial charge in [-0.25, -0.2) is 4.98 Å². The van der Waals surface area contributed by atoms with Gasteiger partial charge in [0.05, 0.1) is 5.92 Å². The van der Waals surface area contributed by atoms with Crippen molar-refractivity contribution in [1.29, 1.82) is 0 Å². The van der Waals surface area contributed by atoms with Gasteiger partial charge in [-0.15, -0.1) is 0 Å². The first-order chi connectivity index (χ1) is 12.0. The van der Waals surface area contributed by atoms with Gasteiger partial charge in [0, 0.05) is 31.4 Å². The molecule has 2 atom stereocenters. The van der Waals surface area contributed by atoms with E-state index in [0.29, 0.717) is 6.54 Å². The molecular formula is C20H32N4O. The van der Waals surface area contributed by atoms with E-state index in [1.165, 1.54) is 12.8 Å². The van der Waals surface area contributed by atoms with Crippen LogP contribution < -0.4 is 16.0 Å². The summed E-state index contributed by atoms with van der Waals surface area (Å²) >= 11 is 0. The van der Waals surface area contributed by atoms with E-state index >= 15 is 0 Å². The summed E-state index contributed by atoms with van der Waals surface area (Å²) in [7, 11) is 0. The Balaban J connectivity index is 1.52. The summed E-state index contributed by atoms with van der Waals surface area (Å²) in [6.07, 6.45) is 8.39. The van der Waals surface area contributed by atoms with Gasteiger partial charge in [0.1, 0.15) is 5.82 Å². The molecule has 2 unspecified atom stereocenters. The smallest absolute Gasteiger partial charge is 0.225 e. The van der Waals surface area contributed by atoms with Crippen LogP contribution in [0.1, 0.15) is 57.9 Å². The molecule has 138 valence electrons. The Morgan fingerprint density at radius 2 is 2.08 bits per heavy atom. The normalized spacial score (nSPS) is 28.0. The van der Waals surface area contributed by atoms with Crippen molar-refractivity contribution in [2.75, 3.05) is 18.0 Å². The molecule has 0 radical (unpaired) electrons. The second-order valence-electron chi connectivity index (χ2n) is 8.22. The van der Waals surface area contributed by atoms with E-state index in [9.17, 15) is 4.79 Å². The molecule has 5 heteroatoms. The summed E-state index contributed by atoms with van der Waals surface area (Å²) in [5.74, 6) is 1.87. The molecule has 1 aromatic heterocycles. The van der Waals surface area contributed by atoms with Crippen LogP contribution in [-0.2, 0) is 11.3 Å². The minimum atomic E-state index is -0.379. The van der Waals surface area contributed by atoms with Gasteiger partial charge >= 0.3 is 0 Å². The largest absolute Gasteiger partial charge is 0.357 e. The number of nitrogens with zero attached hydrogens (tertiary/aromatic N) is 2. The van der Waals surface area contributed by atoms with Crippen molar-refractivity contribution in [3.63, 3.8) is 0 Å². The molecule has 2 heterocycles. The van der Waals surface area contributed by atoms with Crippen molar-refractivity contribution in [2.24, 2.45) is 17.6 Å². The lowest BCUT2D eigenvalue weighted by atomic mass is 9.74. The maximum absolute atomic E-state index is 12.5. The molecule has 5 nitrogen and oxygen atoms in total. The number of rotatable bonds is 4. The fourth-order valence-electron chi connectivity index (χ4n) is 4.05. The van der Waals surface area contributed by atoms with E-state index in [1.54, 1.807) is 0 Å². The number of hydrogen-bond donors (Lipinski definition) is 2. The first kappa shape index (κ1) is 18.2. The second-order valence-corrected chi connectivity index (χ2v) is 8.22. The van der Waals surface area contributed by atoms with Crippen molar-refractivity contribution in [1.82, 2.24) is 10.3 Å². The Hall–Kier alpha value is -1.62. The van der Waals surface area contributed by atoms with Gasteiger partial charge in [-0.1, -0.05) is 25.8 Å². The standard InChI is InChI=1S/C20H32N4O/c1-15-8-11-24(12-9-15)18-7-6-16(13-22-18)14-23-19(25)17-5-3-4-10-20(17,2)21/h6-7,13,15,17H,3-5,8-12,14,21H2,1-2H3,(H,23,25). The Morgan fingerprint density at radius 3 is 2.72 bits per heavy atom. The molecule has 0 spiro atoms. The Kier molecular flexibility index (Phi) is 5.62. The molecule has 1 aliphatic carbocycles. The number of pyridine rings is 1. The number of nitrogens with one attached hydrogen (secondary N) is 1. The number of piperidine rings is 1. The van der Waals surface area contributed by atoms with Crippen LogP contribution in [0.3, 0.4) is 0 Å². The van der Waals surface area contributed by atoms with E-state index in [1.807, 2.05) is 13.1 Å². The fourth-order valence-corrected chi connectivity index (χ4v) is 4.05.